The number of hydrogen-bond donors (Lipinski definition) is 3. The van der Waals surface area contributed by atoms with Gasteiger partial charge in [-0.25, -0.2) is 4.79 Å². The van der Waals surface area contributed by atoms with Crippen molar-refractivity contribution >= 4 is 18.0 Å². The molecule has 1 aliphatic carbocycles. The number of alkyl carbamates (subject to hydrolysis) is 1. The second-order valence-corrected chi connectivity index (χ2v) is 9.42. The number of amides is 2. The van der Waals surface area contributed by atoms with Crippen LogP contribution in [0.3, 0.4) is 0 Å². The number of aliphatic hydroxyl groups is 1. The van der Waals surface area contributed by atoms with E-state index < -0.39 is 23.7 Å². The molecule has 8 heteroatoms. The normalized spacial score (nSPS) is 13.5. The molecule has 0 spiro atoms. The van der Waals surface area contributed by atoms with Crippen molar-refractivity contribution in [2.45, 2.75) is 51.2 Å². The lowest BCUT2D eigenvalue weighted by Gasteiger charge is -2.36. The Morgan fingerprint density at radius 3 is 2.12 bits per heavy atom. The van der Waals surface area contributed by atoms with Gasteiger partial charge in [0.15, 0.2) is 0 Å². The lowest BCUT2D eigenvalue weighted by atomic mass is 9.98. The van der Waals surface area contributed by atoms with Crippen LogP contribution in [0.2, 0.25) is 0 Å². The number of carbonyl (C=O) groups is 3. The Labute approximate surface area is 199 Å². The van der Waals surface area contributed by atoms with Gasteiger partial charge in [-0.15, -0.1) is 0 Å². The number of rotatable bonds is 9. The number of hydrogen-bond acceptors (Lipinski definition) is 5. The van der Waals surface area contributed by atoms with Gasteiger partial charge in [0.25, 0.3) is 0 Å². The summed E-state index contributed by atoms with van der Waals surface area (Å²) in [6, 6.07) is 16.1. The summed E-state index contributed by atoms with van der Waals surface area (Å²) < 4.78 is 5.44. The number of carbonyl (C=O) groups excluding carboxylic acids is 2. The Balaban J connectivity index is 1.50. The molecule has 8 nitrogen and oxygen atoms in total. The van der Waals surface area contributed by atoms with E-state index in [2.05, 4.69) is 17.4 Å². The fourth-order valence-electron chi connectivity index (χ4n) is 4.28. The predicted octanol–water partition coefficient (Wildman–Crippen LogP) is 3.38. The Morgan fingerprint density at radius 2 is 1.59 bits per heavy atom. The van der Waals surface area contributed by atoms with Crippen LogP contribution in [0.4, 0.5) is 4.79 Å². The van der Waals surface area contributed by atoms with Crippen molar-refractivity contribution < 1.29 is 29.3 Å². The molecule has 1 unspecified atom stereocenters. The number of fused-ring (bicyclic) bond motifs is 3. The van der Waals surface area contributed by atoms with Crippen LogP contribution in [-0.2, 0) is 14.3 Å². The van der Waals surface area contributed by atoms with Crippen LogP contribution in [0, 0.1) is 0 Å². The van der Waals surface area contributed by atoms with E-state index in [0.29, 0.717) is 0 Å². The molecule has 0 bridgehead atoms. The summed E-state index contributed by atoms with van der Waals surface area (Å²) in [6.45, 7) is 5.45. The van der Waals surface area contributed by atoms with Crippen LogP contribution >= 0.6 is 0 Å². The molecule has 0 aromatic heterocycles. The van der Waals surface area contributed by atoms with E-state index in [1.807, 2.05) is 36.4 Å². The highest BCUT2D eigenvalue weighted by atomic mass is 16.5. The molecule has 0 saturated heterocycles. The Morgan fingerprint density at radius 1 is 1.03 bits per heavy atom. The van der Waals surface area contributed by atoms with Crippen LogP contribution in [0.1, 0.15) is 50.7 Å². The number of ether oxygens (including phenoxy) is 1. The minimum Gasteiger partial charge on any atom is -0.481 e. The molecule has 0 heterocycles. The van der Waals surface area contributed by atoms with Crippen molar-refractivity contribution in [3.63, 3.8) is 0 Å². The van der Waals surface area contributed by atoms with Crippen LogP contribution in [0.5, 0.6) is 0 Å². The molecule has 3 N–H and O–H groups in total. The molecule has 0 radical (unpaired) electrons. The molecule has 2 aromatic carbocycles. The van der Waals surface area contributed by atoms with E-state index in [9.17, 15) is 19.5 Å². The van der Waals surface area contributed by atoms with E-state index in [1.165, 1.54) is 4.90 Å². The summed E-state index contributed by atoms with van der Waals surface area (Å²) in [5, 5.41) is 21.7. The second-order valence-electron chi connectivity index (χ2n) is 9.42. The second kappa shape index (κ2) is 10.7. The highest BCUT2D eigenvalue weighted by Crippen LogP contribution is 2.44. The number of benzene rings is 2. The zero-order chi connectivity index (χ0) is 24.9. The van der Waals surface area contributed by atoms with Gasteiger partial charge in [0.05, 0.1) is 18.9 Å². The first kappa shape index (κ1) is 25.2. The van der Waals surface area contributed by atoms with Gasteiger partial charge in [0, 0.05) is 24.5 Å². The van der Waals surface area contributed by atoms with E-state index in [1.54, 1.807) is 20.8 Å². The predicted molar refractivity (Wildman–Crippen MR) is 127 cm³/mol. The molecule has 1 atom stereocenters. The van der Waals surface area contributed by atoms with Crippen molar-refractivity contribution in [1.82, 2.24) is 10.2 Å². The molecule has 2 aromatic rings. The molecule has 2 amide bonds. The van der Waals surface area contributed by atoms with Crippen molar-refractivity contribution in [2.75, 3.05) is 19.7 Å². The lowest BCUT2D eigenvalue weighted by Crippen LogP contribution is -2.48. The van der Waals surface area contributed by atoms with Gasteiger partial charge in [0.1, 0.15) is 6.61 Å². The first-order chi connectivity index (χ1) is 16.1. The maximum Gasteiger partial charge on any atom is 0.407 e. The van der Waals surface area contributed by atoms with Gasteiger partial charge in [-0.2, -0.15) is 0 Å². The number of nitrogens with zero attached hydrogens (tertiary/aromatic N) is 1. The van der Waals surface area contributed by atoms with Crippen molar-refractivity contribution in [1.29, 1.82) is 0 Å². The molecule has 0 saturated carbocycles. The topological polar surface area (TPSA) is 116 Å². The molecule has 0 fully saturated rings. The first-order valence-corrected chi connectivity index (χ1v) is 11.4. The number of aliphatic carboxylic acids is 1. The molecular formula is C26H32N2O6. The van der Waals surface area contributed by atoms with Gasteiger partial charge < -0.3 is 25.2 Å². The Kier molecular flexibility index (Phi) is 7.94. The zero-order valence-electron chi connectivity index (χ0n) is 19.8. The Hall–Kier alpha value is -3.39. The van der Waals surface area contributed by atoms with E-state index >= 15 is 0 Å². The summed E-state index contributed by atoms with van der Waals surface area (Å²) in [4.78, 5) is 37.2. The summed E-state index contributed by atoms with van der Waals surface area (Å²) in [5.74, 6) is -1.45. The molecule has 0 aliphatic heterocycles. The Bertz CT molecular complexity index is 1000. The highest BCUT2D eigenvalue weighted by Gasteiger charge is 2.30. The summed E-state index contributed by atoms with van der Waals surface area (Å²) >= 11 is 0. The van der Waals surface area contributed by atoms with E-state index in [4.69, 9.17) is 9.84 Å². The standard InChI is InChI=1S/C26H32N2O6/c1-26(2,3)28(13-12-24(31)32)23(30)14-17(29)15-27-25(33)34-16-22-20-10-6-4-8-18(20)19-9-5-7-11-21(19)22/h4-11,17,22,29H,12-16H2,1-3H3,(H,27,33)(H,31,32). The number of aliphatic hydroxyl groups excluding tert-OH is 1. The summed E-state index contributed by atoms with van der Waals surface area (Å²) in [7, 11) is 0. The SMILES string of the molecule is CC(C)(C)N(CCC(=O)O)C(=O)CC(O)CNC(=O)OCC1c2ccccc2-c2ccccc21. The molecular weight excluding hydrogens is 436 g/mol. The maximum absolute atomic E-state index is 12.6. The molecule has 3 rings (SSSR count). The van der Waals surface area contributed by atoms with Crippen LogP contribution < -0.4 is 5.32 Å². The minimum atomic E-state index is -1.12. The maximum atomic E-state index is 12.6. The smallest absolute Gasteiger partial charge is 0.407 e. The summed E-state index contributed by atoms with van der Waals surface area (Å²) in [6.07, 6.45) is -2.22. The van der Waals surface area contributed by atoms with Gasteiger partial charge in [-0.05, 0) is 43.0 Å². The van der Waals surface area contributed by atoms with E-state index in [-0.39, 0.29) is 44.4 Å². The van der Waals surface area contributed by atoms with Crippen LogP contribution in [0.15, 0.2) is 48.5 Å². The lowest BCUT2D eigenvalue weighted by molar-refractivity contribution is -0.141. The van der Waals surface area contributed by atoms with Gasteiger partial charge in [0.2, 0.25) is 5.91 Å². The van der Waals surface area contributed by atoms with Crippen molar-refractivity contribution in [3.05, 3.63) is 59.7 Å². The van der Waals surface area contributed by atoms with Crippen molar-refractivity contribution in [2.24, 2.45) is 0 Å². The molecule has 34 heavy (non-hydrogen) atoms. The fourth-order valence-corrected chi connectivity index (χ4v) is 4.28. The third-order valence-corrected chi connectivity index (χ3v) is 5.90. The minimum absolute atomic E-state index is 0.0458. The first-order valence-electron chi connectivity index (χ1n) is 11.4. The van der Waals surface area contributed by atoms with Crippen molar-refractivity contribution in [3.8, 4) is 11.1 Å². The third-order valence-electron chi connectivity index (χ3n) is 5.90. The van der Waals surface area contributed by atoms with Gasteiger partial charge >= 0.3 is 12.1 Å². The van der Waals surface area contributed by atoms with E-state index in [0.717, 1.165) is 22.3 Å². The average Bonchev–Trinajstić information content (AvgIpc) is 3.09. The summed E-state index contributed by atoms with van der Waals surface area (Å²) in [5.41, 5.74) is 3.88. The quantitative estimate of drug-likeness (QED) is 0.520. The number of nitrogens with one attached hydrogen (secondary N) is 1. The highest BCUT2D eigenvalue weighted by molar-refractivity contribution is 5.79. The third kappa shape index (κ3) is 6.14. The van der Waals surface area contributed by atoms with Crippen LogP contribution in [0.25, 0.3) is 11.1 Å². The van der Waals surface area contributed by atoms with Gasteiger partial charge in [-0.3, -0.25) is 9.59 Å². The average molecular weight is 469 g/mol. The molecule has 182 valence electrons. The van der Waals surface area contributed by atoms with Crippen LogP contribution in [-0.4, -0.2) is 64.4 Å². The fraction of sp³-hybridized carbons (Fsp3) is 0.423. The zero-order valence-corrected chi connectivity index (χ0v) is 19.8. The number of carboxylic acids is 1. The van der Waals surface area contributed by atoms with Gasteiger partial charge in [-0.1, -0.05) is 48.5 Å². The molecule has 1 aliphatic rings. The monoisotopic (exact) mass is 468 g/mol. The largest absolute Gasteiger partial charge is 0.481 e. The number of carboxylic acid groups (broad SMARTS) is 1.